The maximum Gasteiger partial charge on any atom is 0.191 e. The first-order valence-electron chi connectivity index (χ1n) is 10.5. The first-order valence-corrected chi connectivity index (χ1v) is 10.5. The van der Waals surface area contributed by atoms with Crippen LogP contribution in [0, 0.1) is 0 Å². The van der Waals surface area contributed by atoms with Crippen LogP contribution in [0.3, 0.4) is 0 Å². The van der Waals surface area contributed by atoms with E-state index >= 15 is 0 Å². The quantitative estimate of drug-likeness (QED) is 0.491. The van der Waals surface area contributed by atoms with Gasteiger partial charge in [0.1, 0.15) is 12.2 Å². The summed E-state index contributed by atoms with van der Waals surface area (Å²) in [6, 6.07) is 8.71. The van der Waals surface area contributed by atoms with Crippen molar-refractivity contribution >= 4 is 5.96 Å². The molecule has 0 saturated carbocycles. The third-order valence-electron chi connectivity index (χ3n) is 4.92. The van der Waals surface area contributed by atoms with Crippen LogP contribution in [0.4, 0.5) is 0 Å². The van der Waals surface area contributed by atoms with Gasteiger partial charge in [-0.1, -0.05) is 31.2 Å². The number of aliphatic imine (C=N–C) groups is 1. The Morgan fingerprint density at radius 1 is 1.17 bits per heavy atom. The lowest BCUT2D eigenvalue weighted by molar-refractivity contribution is 0.0342. The van der Waals surface area contributed by atoms with E-state index in [2.05, 4.69) is 68.4 Å². The number of aromatic nitrogens is 3. The lowest BCUT2D eigenvalue weighted by Crippen LogP contribution is -2.39. The zero-order valence-corrected chi connectivity index (χ0v) is 17.6. The molecule has 2 heterocycles. The van der Waals surface area contributed by atoms with Gasteiger partial charge in [-0.2, -0.15) is 0 Å². The van der Waals surface area contributed by atoms with Crippen molar-refractivity contribution in [2.45, 2.75) is 39.9 Å². The van der Waals surface area contributed by atoms with Crippen molar-refractivity contribution < 1.29 is 4.74 Å². The monoisotopic (exact) mass is 399 g/mol. The predicted molar refractivity (Wildman–Crippen MR) is 115 cm³/mol. The summed E-state index contributed by atoms with van der Waals surface area (Å²) in [4.78, 5) is 7.19. The van der Waals surface area contributed by atoms with Crippen molar-refractivity contribution in [3.63, 3.8) is 0 Å². The molecule has 2 aromatic rings. The van der Waals surface area contributed by atoms with Crippen LogP contribution in [0.25, 0.3) is 0 Å². The number of morpholine rings is 1. The summed E-state index contributed by atoms with van der Waals surface area (Å²) < 4.78 is 7.51. The molecule has 1 saturated heterocycles. The Morgan fingerprint density at radius 3 is 2.79 bits per heavy atom. The van der Waals surface area contributed by atoms with Crippen molar-refractivity contribution in [1.29, 1.82) is 0 Å². The van der Waals surface area contributed by atoms with Gasteiger partial charge in [-0.05, 0) is 18.1 Å². The Bertz CT molecular complexity index is 768. The van der Waals surface area contributed by atoms with Crippen LogP contribution < -0.4 is 10.6 Å². The maximum atomic E-state index is 5.44. The number of benzene rings is 1. The first-order chi connectivity index (χ1) is 14.3. The summed E-state index contributed by atoms with van der Waals surface area (Å²) in [7, 11) is 0. The highest BCUT2D eigenvalue weighted by atomic mass is 16.5. The van der Waals surface area contributed by atoms with E-state index in [-0.39, 0.29) is 0 Å². The number of guanidine groups is 1. The summed E-state index contributed by atoms with van der Waals surface area (Å²) in [6.07, 6.45) is 2.67. The Hall–Kier alpha value is -2.45. The number of nitrogens with zero attached hydrogens (tertiary/aromatic N) is 5. The van der Waals surface area contributed by atoms with Crippen LogP contribution in [-0.2, 0) is 30.8 Å². The normalized spacial score (nSPS) is 15.4. The fourth-order valence-corrected chi connectivity index (χ4v) is 3.39. The summed E-state index contributed by atoms with van der Waals surface area (Å²) >= 11 is 0. The minimum Gasteiger partial charge on any atom is -0.379 e. The molecule has 2 N–H and O–H groups in total. The van der Waals surface area contributed by atoms with Gasteiger partial charge >= 0.3 is 0 Å². The Kier molecular flexibility index (Phi) is 8.45. The van der Waals surface area contributed by atoms with Gasteiger partial charge in [0, 0.05) is 45.7 Å². The van der Waals surface area contributed by atoms with Crippen LogP contribution in [0.15, 0.2) is 35.6 Å². The molecule has 0 bridgehead atoms. The van der Waals surface area contributed by atoms with Crippen LogP contribution in [0.5, 0.6) is 0 Å². The second-order valence-electron chi connectivity index (χ2n) is 7.12. The molecule has 1 aromatic carbocycles. The average Bonchev–Trinajstić information content (AvgIpc) is 3.20. The second-order valence-corrected chi connectivity index (χ2v) is 7.12. The molecular weight excluding hydrogens is 366 g/mol. The van der Waals surface area contributed by atoms with E-state index < -0.39 is 0 Å². The van der Waals surface area contributed by atoms with Gasteiger partial charge in [-0.25, -0.2) is 4.99 Å². The highest BCUT2D eigenvalue weighted by molar-refractivity contribution is 5.79. The van der Waals surface area contributed by atoms with E-state index in [0.29, 0.717) is 6.54 Å². The number of rotatable bonds is 9. The highest BCUT2D eigenvalue weighted by Gasteiger charge is 2.10. The highest BCUT2D eigenvalue weighted by Crippen LogP contribution is 2.11. The van der Waals surface area contributed by atoms with Crippen molar-refractivity contribution in [2.75, 3.05) is 39.4 Å². The summed E-state index contributed by atoms with van der Waals surface area (Å²) in [5, 5.41) is 14.8. The fourth-order valence-electron chi connectivity index (χ4n) is 3.39. The number of ether oxygens (including phenoxy) is 1. The van der Waals surface area contributed by atoms with Gasteiger partial charge in [0.25, 0.3) is 0 Å². The summed E-state index contributed by atoms with van der Waals surface area (Å²) in [6.45, 7) is 11.9. The average molecular weight is 400 g/mol. The van der Waals surface area contributed by atoms with E-state index in [4.69, 9.17) is 9.73 Å². The largest absolute Gasteiger partial charge is 0.379 e. The number of nitrogens with one attached hydrogen (secondary N) is 2. The van der Waals surface area contributed by atoms with Gasteiger partial charge in [-0.15, -0.1) is 10.2 Å². The SMILES string of the molecule is CCNC(=NCc1cccc(CN2CCOCC2)c1)NCCn1cnnc1CC. The molecule has 0 amide bonds. The minimum absolute atomic E-state index is 0.652. The zero-order chi connectivity index (χ0) is 20.3. The molecule has 1 fully saturated rings. The summed E-state index contributed by atoms with van der Waals surface area (Å²) in [5.74, 6) is 1.84. The molecule has 1 aliphatic rings. The van der Waals surface area contributed by atoms with E-state index in [1.54, 1.807) is 6.33 Å². The third kappa shape index (κ3) is 6.83. The lowest BCUT2D eigenvalue weighted by Gasteiger charge is -2.26. The molecule has 0 radical (unpaired) electrons. The van der Waals surface area contributed by atoms with Gasteiger partial charge in [-0.3, -0.25) is 4.90 Å². The van der Waals surface area contributed by atoms with Crippen LogP contribution in [0.1, 0.15) is 30.8 Å². The molecule has 3 rings (SSSR count). The molecular formula is C21H33N7O. The molecule has 1 aromatic heterocycles. The molecule has 0 aliphatic carbocycles. The van der Waals surface area contributed by atoms with Crippen LogP contribution >= 0.6 is 0 Å². The second kappa shape index (κ2) is 11.5. The number of aryl methyl sites for hydroxylation is 1. The standard InChI is InChI=1S/C21H33N7O/c1-3-20-26-25-17-28(20)9-8-23-21(22-4-2)24-15-18-6-5-7-19(14-18)16-27-10-12-29-13-11-27/h5-7,14,17H,3-4,8-13,15-16H2,1-2H3,(H2,22,23,24). The van der Waals surface area contributed by atoms with Gasteiger partial charge in [0.15, 0.2) is 5.96 Å². The number of hydrogen-bond donors (Lipinski definition) is 2. The van der Waals surface area contributed by atoms with Crippen molar-refractivity contribution in [1.82, 2.24) is 30.3 Å². The van der Waals surface area contributed by atoms with Crippen molar-refractivity contribution in [3.8, 4) is 0 Å². The third-order valence-corrected chi connectivity index (χ3v) is 4.92. The Morgan fingerprint density at radius 2 is 2.00 bits per heavy atom. The Balaban J connectivity index is 1.52. The molecule has 29 heavy (non-hydrogen) atoms. The molecule has 0 atom stereocenters. The Labute approximate surface area is 173 Å². The van der Waals surface area contributed by atoms with E-state index in [1.165, 1.54) is 11.1 Å². The molecule has 0 unspecified atom stereocenters. The smallest absolute Gasteiger partial charge is 0.191 e. The van der Waals surface area contributed by atoms with Crippen LogP contribution in [-0.4, -0.2) is 65.0 Å². The molecule has 0 spiro atoms. The van der Waals surface area contributed by atoms with Gasteiger partial charge < -0.3 is 19.9 Å². The molecule has 8 heteroatoms. The van der Waals surface area contributed by atoms with E-state index in [9.17, 15) is 0 Å². The topological polar surface area (TPSA) is 79.6 Å². The van der Waals surface area contributed by atoms with Crippen molar-refractivity contribution in [2.24, 2.45) is 4.99 Å². The van der Waals surface area contributed by atoms with Crippen molar-refractivity contribution in [3.05, 3.63) is 47.5 Å². The summed E-state index contributed by atoms with van der Waals surface area (Å²) in [5.41, 5.74) is 2.55. The van der Waals surface area contributed by atoms with Crippen LogP contribution in [0.2, 0.25) is 0 Å². The number of hydrogen-bond acceptors (Lipinski definition) is 5. The first kappa shape index (κ1) is 21.3. The van der Waals surface area contributed by atoms with E-state index in [0.717, 1.165) is 70.7 Å². The van der Waals surface area contributed by atoms with Gasteiger partial charge in [0.05, 0.1) is 19.8 Å². The minimum atomic E-state index is 0.652. The lowest BCUT2D eigenvalue weighted by atomic mass is 10.1. The molecule has 1 aliphatic heterocycles. The molecule has 8 nitrogen and oxygen atoms in total. The maximum absolute atomic E-state index is 5.44. The predicted octanol–water partition coefficient (Wildman–Crippen LogP) is 1.43. The van der Waals surface area contributed by atoms with E-state index in [1.807, 2.05) is 0 Å². The van der Waals surface area contributed by atoms with Gasteiger partial charge in [0.2, 0.25) is 0 Å². The zero-order valence-electron chi connectivity index (χ0n) is 17.6. The molecule has 158 valence electrons. The fraction of sp³-hybridized carbons (Fsp3) is 0.571.